The number of hydrogen-bond donors (Lipinski definition) is 1. The van der Waals surface area contributed by atoms with Crippen LogP contribution in [0.3, 0.4) is 0 Å². The van der Waals surface area contributed by atoms with Gasteiger partial charge in [0.05, 0.1) is 5.54 Å². The fourth-order valence-electron chi connectivity index (χ4n) is 1.29. The molecule has 0 spiro atoms. The molecule has 13 heavy (non-hydrogen) atoms. The molecular formula is C10H21NO2. The van der Waals surface area contributed by atoms with Crippen molar-refractivity contribution >= 4 is 5.78 Å². The summed E-state index contributed by atoms with van der Waals surface area (Å²) in [5.74, 6) is 0.165. The van der Waals surface area contributed by atoms with Gasteiger partial charge >= 0.3 is 0 Å². The minimum absolute atomic E-state index is 0.165. The minimum atomic E-state index is -0.440. The highest BCUT2D eigenvalue weighted by atomic mass is 16.5. The molecule has 0 aliphatic heterocycles. The molecule has 0 aromatic heterocycles. The highest BCUT2D eigenvalue weighted by Gasteiger charge is 2.29. The van der Waals surface area contributed by atoms with Gasteiger partial charge in [0.1, 0.15) is 5.78 Å². The van der Waals surface area contributed by atoms with Crippen molar-refractivity contribution < 1.29 is 9.53 Å². The summed E-state index contributed by atoms with van der Waals surface area (Å²) in [6.07, 6.45) is 0.719. The third kappa shape index (κ3) is 4.39. The number of carbonyl (C=O) groups excluding carboxylic acids is 1. The van der Waals surface area contributed by atoms with Gasteiger partial charge in [-0.15, -0.1) is 0 Å². The van der Waals surface area contributed by atoms with Gasteiger partial charge in [-0.05, 0) is 34.1 Å². The first kappa shape index (κ1) is 12.6. The van der Waals surface area contributed by atoms with Crippen LogP contribution < -0.4 is 5.32 Å². The predicted molar refractivity (Wildman–Crippen MR) is 53.9 cm³/mol. The van der Waals surface area contributed by atoms with Crippen molar-refractivity contribution in [3.05, 3.63) is 0 Å². The third-order valence-corrected chi connectivity index (χ3v) is 2.19. The Morgan fingerprint density at radius 2 is 2.08 bits per heavy atom. The lowest BCUT2D eigenvalue weighted by Crippen LogP contribution is -2.52. The Balaban J connectivity index is 4.25. The molecule has 1 N–H and O–H groups in total. The number of methoxy groups -OCH3 is 1. The van der Waals surface area contributed by atoms with Crippen molar-refractivity contribution in [2.45, 2.75) is 45.7 Å². The molecule has 78 valence electrons. The number of ketones is 1. The second-order valence-corrected chi connectivity index (χ2v) is 3.93. The van der Waals surface area contributed by atoms with E-state index >= 15 is 0 Å². The van der Waals surface area contributed by atoms with E-state index in [1.165, 1.54) is 0 Å². The zero-order valence-electron chi connectivity index (χ0n) is 9.31. The molecule has 0 aliphatic rings. The van der Waals surface area contributed by atoms with Crippen molar-refractivity contribution in [3.63, 3.8) is 0 Å². The first-order valence-electron chi connectivity index (χ1n) is 4.70. The Labute approximate surface area is 80.8 Å². The lowest BCUT2D eigenvalue weighted by molar-refractivity contribution is -0.123. The van der Waals surface area contributed by atoms with E-state index in [0.29, 0.717) is 12.6 Å². The fourth-order valence-corrected chi connectivity index (χ4v) is 1.29. The van der Waals surface area contributed by atoms with Crippen LogP contribution in [0.25, 0.3) is 0 Å². The summed E-state index contributed by atoms with van der Waals surface area (Å²) in [6, 6.07) is 0.311. The topological polar surface area (TPSA) is 38.3 Å². The largest absolute Gasteiger partial charge is 0.385 e. The van der Waals surface area contributed by atoms with E-state index in [-0.39, 0.29) is 5.78 Å². The Bertz CT molecular complexity index is 168. The van der Waals surface area contributed by atoms with E-state index < -0.39 is 5.54 Å². The van der Waals surface area contributed by atoms with Crippen LogP contribution in [0.1, 0.15) is 34.1 Å². The number of hydrogen-bond acceptors (Lipinski definition) is 3. The van der Waals surface area contributed by atoms with Gasteiger partial charge in [-0.3, -0.25) is 4.79 Å². The van der Waals surface area contributed by atoms with Gasteiger partial charge in [-0.25, -0.2) is 0 Å². The van der Waals surface area contributed by atoms with Crippen LogP contribution in [-0.4, -0.2) is 31.1 Å². The van der Waals surface area contributed by atoms with E-state index in [4.69, 9.17) is 4.74 Å². The maximum absolute atomic E-state index is 11.4. The molecule has 0 rings (SSSR count). The van der Waals surface area contributed by atoms with Gasteiger partial charge in [0, 0.05) is 19.8 Å². The molecule has 0 bridgehead atoms. The highest BCUT2D eigenvalue weighted by molar-refractivity contribution is 5.85. The van der Waals surface area contributed by atoms with Gasteiger partial charge in [0.25, 0.3) is 0 Å². The van der Waals surface area contributed by atoms with Crippen LogP contribution in [0.15, 0.2) is 0 Å². The quantitative estimate of drug-likeness (QED) is 0.682. The van der Waals surface area contributed by atoms with Crippen LogP contribution in [0.4, 0.5) is 0 Å². The predicted octanol–water partition coefficient (Wildman–Crippen LogP) is 1.37. The number of ether oxygens (including phenoxy) is 1. The first-order valence-corrected chi connectivity index (χ1v) is 4.70. The zero-order chi connectivity index (χ0) is 10.5. The molecule has 1 atom stereocenters. The van der Waals surface area contributed by atoms with E-state index in [9.17, 15) is 4.79 Å². The van der Waals surface area contributed by atoms with Crippen LogP contribution in [0.5, 0.6) is 0 Å². The van der Waals surface area contributed by atoms with Gasteiger partial charge in [0.2, 0.25) is 0 Å². The Kier molecular flexibility index (Phi) is 5.18. The maximum atomic E-state index is 11.4. The van der Waals surface area contributed by atoms with Gasteiger partial charge in [0.15, 0.2) is 0 Å². The first-order chi connectivity index (χ1) is 5.92. The molecule has 0 saturated carbocycles. The van der Waals surface area contributed by atoms with Gasteiger partial charge < -0.3 is 10.1 Å². The standard InChI is InChI=1S/C10H21NO2/c1-8(2)11-10(4,9(3)12)6-7-13-5/h8,11H,6-7H2,1-5H3. The molecule has 3 heteroatoms. The summed E-state index contributed by atoms with van der Waals surface area (Å²) in [5.41, 5.74) is -0.440. The molecule has 0 aliphatic carbocycles. The number of nitrogens with one attached hydrogen (secondary N) is 1. The van der Waals surface area contributed by atoms with Crippen molar-refractivity contribution in [3.8, 4) is 0 Å². The van der Waals surface area contributed by atoms with Crippen molar-refractivity contribution in [1.29, 1.82) is 0 Å². The molecule has 0 radical (unpaired) electrons. The summed E-state index contributed by atoms with van der Waals surface area (Å²) in [6.45, 7) is 8.22. The van der Waals surface area contributed by atoms with Crippen LogP contribution >= 0.6 is 0 Å². The smallest absolute Gasteiger partial charge is 0.149 e. The zero-order valence-corrected chi connectivity index (χ0v) is 9.31. The maximum Gasteiger partial charge on any atom is 0.149 e. The average Bonchev–Trinajstić information content (AvgIpc) is 1.99. The number of rotatable bonds is 6. The van der Waals surface area contributed by atoms with Crippen molar-refractivity contribution in [2.75, 3.05) is 13.7 Å². The molecule has 3 nitrogen and oxygen atoms in total. The average molecular weight is 187 g/mol. The van der Waals surface area contributed by atoms with Gasteiger partial charge in [-0.1, -0.05) is 0 Å². The summed E-state index contributed by atoms with van der Waals surface area (Å²) in [7, 11) is 1.65. The normalized spacial score (nSPS) is 15.8. The SMILES string of the molecule is COCCC(C)(NC(C)C)C(C)=O. The fraction of sp³-hybridized carbons (Fsp3) is 0.900. The van der Waals surface area contributed by atoms with Crippen molar-refractivity contribution in [2.24, 2.45) is 0 Å². The van der Waals surface area contributed by atoms with E-state index in [2.05, 4.69) is 5.32 Å². The molecule has 0 amide bonds. The lowest BCUT2D eigenvalue weighted by Gasteiger charge is -2.30. The molecule has 0 saturated heterocycles. The molecule has 0 aromatic rings. The highest BCUT2D eigenvalue weighted by Crippen LogP contribution is 2.12. The van der Waals surface area contributed by atoms with Crippen LogP contribution in [0, 0.1) is 0 Å². The van der Waals surface area contributed by atoms with Crippen LogP contribution in [0.2, 0.25) is 0 Å². The molecular weight excluding hydrogens is 166 g/mol. The van der Waals surface area contributed by atoms with E-state index in [0.717, 1.165) is 6.42 Å². The Morgan fingerprint density at radius 1 is 1.54 bits per heavy atom. The Morgan fingerprint density at radius 3 is 2.38 bits per heavy atom. The second-order valence-electron chi connectivity index (χ2n) is 3.93. The monoisotopic (exact) mass is 187 g/mol. The van der Waals surface area contributed by atoms with Crippen molar-refractivity contribution in [1.82, 2.24) is 5.32 Å². The molecule has 0 fully saturated rings. The Hall–Kier alpha value is -0.410. The van der Waals surface area contributed by atoms with Gasteiger partial charge in [-0.2, -0.15) is 0 Å². The summed E-state index contributed by atoms with van der Waals surface area (Å²) in [5, 5.41) is 3.26. The lowest BCUT2D eigenvalue weighted by atomic mass is 9.93. The summed E-state index contributed by atoms with van der Waals surface area (Å²) < 4.78 is 4.98. The summed E-state index contributed by atoms with van der Waals surface area (Å²) in [4.78, 5) is 11.4. The third-order valence-electron chi connectivity index (χ3n) is 2.19. The second kappa shape index (κ2) is 5.35. The minimum Gasteiger partial charge on any atom is -0.385 e. The summed E-state index contributed by atoms with van der Waals surface area (Å²) >= 11 is 0. The van der Waals surface area contributed by atoms with E-state index in [1.54, 1.807) is 14.0 Å². The number of carbonyl (C=O) groups is 1. The number of Topliss-reactive ketones (excluding diaryl/α,β-unsaturated/α-hetero) is 1. The molecule has 0 aromatic carbocycles. The van der Waals surface area contributed by atoms with Crippen LogP contribution in [-0.2, 0) is 9.53 Å². The molecule has 0 heterocycles. The van der Waals surface area contributed by atoms with E-state index in [1.807, 2.05) is 20.8 Å². The molecule has 1 unspecified atom stereocenters.